The normalized spacial score (nSPS) is 12.8. The number of rotatable bonds is 65. The Balaban J connectivity index is -0.00000865. The monoisotopic (exact) mass is 1360 g/mol. The van der Waals surface area contributed by atoms with Gasteiger partial charge in [0.15, 0.2) is 0 Å². The fourth-order valence-electron chi connectivity index (χ4n) is 8.23. The largest absolute Gasteiger partial charge is 0.461 e. The van der Waals surface area contributed by atoms with E-state index in [9.17, 15) is 28.8 Å². The number of anilines is 1. The smallest absolute Gasteiger partial charge is 0.308 e. The van der Waals surface area contributed by atoms with Gasteiger partial charge < -0.3 is 101 Å². The molecular formula is C66H125N5O23. The summed E-state index contributed by atoms with van der Waals surface area (Å²) < 4.78 is 93.8. The Hall–Kier alpha value is -4.70. The Morgan fingerprint density at radius 3 is 1.16 bits per heavy atom. The van der Waals surface area contributed by atoms with Crippen molar-refractivity contribution in [3.63, 3.8) is 0 Å². The minimum Gasteiger partial charge on any atom is -0.461 e. The van der Waals surface area contributed by atoms with Gasteiger partial charge in [0.25, 0.3) is 11.8 Å². The Kier molecular flexibility index (Phi) is 58.8. The van der Waals surface area contributed by atoms with Gasteiger partial charge >= 0.3 is 5.97 Å². The van der Waals surface area contributed by atoms with Gasteiger partial charge in [0.1, 0.15) is 25.2 Å². The number of carbonyl (C=O) groups excluding carboxylic acids is 6. The summed E-state index contributed by atoms with van der Waals surface area (Å²) in [6.45, 7) is 24.8. The molecule has 0 radical (unpaired) electrons. The van der Waals surface area contributed by atoms with Crippen LogP contribution in [-0.4, -0.2) is 296 Å². The highest BCUT2D eigenvalue weighted by atomic mass is 16.6. The number of amides is 5. The number of imide groups is 1. The van der Waals surface area contributed by atoms with Crippen LogP contribution in [0.3, 0.4) is 0 Å². The van der Waals surface area contributed by atoms with Crippen LogP contribution in [0.2, 0.25) is 0 Å². The first-order valence-electron chi connectivity index (χ1n) is 32.3. The first-order chi connectivity index (χ1) is 44.8. The van der Waals surface area contributed by atoms with Crippen LogP contribution in [0.4, 0.5) is 5.69 Å². The minimum atomic E-state index is -1.06. The lowest BCUT2D eigenvalue weighted by Gasteiger charge is -2.25. The van der Waals surface area contributed by atoms with E-state index in [0.717, 1.165) is 67.1 Å². The third-order valence-corrected chi connectivity index (χ3v) is 13.3. The van der Waals surface area contributed by atoms with Crippen LogP contribution in [0.25, 0.3) is 0 Å². The highest BCUT2D eigenvalue weighted by molar-refractivity contribution is 6.14. The highest BCUT2D eigenvalue weighted by Gasteiger charge is 2.31. The van der Waals surface area contributed by atoms with E-state index < -0.39 is 54.1 Å². The van der Waals surface area contributed by atoms with Crippen molar-refractivity contribution in [2.24, 2.45) is 11.8 Å². The van der Waals surface area contributed by atoms with Crippen LogP contribution >= 0.6 is 0 Å². The van der Waals surface area contributed by atoms with E-state index >= 15 is 0 Å². The van der Waals surface area contributed by atoms with Crippen molar-refractivity contribution in [3.05, 3.63) is 41.5 Å². The number of ether oxygens (including phenoxy) is 17. The number of nitrogens with zero attached hydrogens (tertiary/aromatic N) is 2. The molecule has 2 atom stereocenters. The first kappa shape index (κ1) is 89.3. The molecule has 0 aromatic heterocycles. The molecule has 28 heteroatoms. The molecule has 0 fully saturated rings. The van der Waals surface area contributed by atoms with Crippen molar-refractivity contribution in [3.8, 4) is 0 Å². The quantitative estimate of drug-likeness (QED) is 0.0461. The zero-order chi connectivity index (χ0) is 66.9. The summed E-state index contributed by atoms with van der Waals surface area (Å²) >= 11 is 0. The third-order valence-electron chi connectivity index (χ3n) is 13.3. The van der Waals surface area contributed by atoms with E-state index in [2.05, 4.69) is 20.9 Å². The van der Waals surface area contributed by atoms with E-state index in [-0.39, 0.29) is 37.6 Å². The maximum atomic E-state index is 13.6. The molecule has 1 aliphatic heterocycles. The average Bonchev–Trinajstić information content (AvgIpc) is 1.82. The fraction of sp³-hybridized carbons (Fsp3) is 0.788. The van der Waals surface area contributed by atoms with Crippen molar-refractivity contribution < 1.29 is 114 Å². The fourth-order valence-corrected chi connectivity index (χ4v) is 8.23. The van der Waals surface area contributed by atoms with Crippen LogP contribution in [-0.2, 0) is 122 Å². The molecule has 0 bridgehead atoms. The van der Waals surface area contributed by atoms with Gasteiger partial charge in [0.05, 0.1) is 191 Å². The van der Waals surface area contributed by atoms with Crippen molar-refractivity contribution in [2.45, 2.75) is 93.8 Å². The topological polar surface area (TPSA) is 302 Å². The Morgan fingerprint density at radius 1 is 0.457 bits per heavy atom. The summed E-state index contributed by atoms with van der Waals surface area (Å²) in [4.78, 5) is 79.5. The Labute approximate surface area is 564 Å². The van der Waals surface area contributed by atoms with Crippen LogP contribution in [0.15, 0.2) is 30.4 Å². The summed E-state index contributed by atoms with van der Waals surface area (Å²) in [5.41, 5.74) is 2.14. The van der Waals surface area contributed by atoms with Gasteiger partial charge in [-0.05, 0) is 68.3 Å². The van der Waals surface area contributed by atoms with Gasteiger partial charge in [-0.25, -0.2) is 0 Å². The summed E-state index contributed by atoms with van der Waals surface area (Å²) in [5.74, 6) is -4.13. The SMILES string of the molecule is C.C.COCCOCCOCCOCCOCCOCCOCCOCCCN(CCCOCCOCCOCCOCCOCCOCCOCCOC)CCCc1cc(NC(=O)[C@H](C)NC(=O)[C@@H](NC(=O)CN2C(=O)C=CC2=O)C(C)C)ccc1COC(=O)C(C)C.[HH].[HH].[HH]. The van der Waals surface area contributed by atoms with E-state index in [1.165, 1.54) is 6.92 Å². The molecule has 0 unspecified atom stereocenters. The first-order valence-corrected chi connectivity index (χ1v) is 32.3. The highest BCUT2D eigenvalue weighted by Crippen LogP contribution is 2.21. The summed E-state index contributed by atoms with van der Waals surface area (Å²) in [6.07, 6.45) is 5.03. The molecular weight excluding hydrogens is 1230 g/mol. The molecule has 94 heavy (non-hydrogen) atoms. The summed E-state index contributed by atoms with van der Waals surface area (Å²) in [7, 11) is 3.27. The number of nitrogens with one attached hydrogen (secondary N) is 3. The molecule has 1 aliphatic rings. The lowest BCUT2D eigenvalue weighted by atomic mass is 10.0. The van der Waals surface area contributed by atoms with Crippen molar-refractivity contribution in [1.82, 2.24) is 20.4 Å². The number of hydrogen-bond donors (Lipinski definition) is 3. The molecule has 5 amide bonds. The van der Waals surface area contributed by atoms with Gasteiger partial charge in [-0.2, -0.15) is 0 Å². The summed E-state index contributed by atoms with van der Waals surface area (Å²) in [6, 6.07) is 3.30. The summed E-state index contributed by atoms with van der Waals surface area (Å²) in [5, 5.41) is 8.15. The zero-order valence-corrected chi connectivity index (χ0v) is 56.1. The predicted octanol–water partition coefficient (Wildman–Crippen LogP) is 4.44. The van der Waals surface area contributed by atoms with E-state index in [1.807, 2.05) is 12.1 Å². The maximum Gasteiger partial charge on any atom is 0.308 e. The second-order valence-electron chi connectivity index (χ2n) is 21.6. The molecule has 1 heterocycles. The average molecular weight is 1360 g/mol. The second kappa shape index (κ2) is 61.9. The van der Waals surface area contributed by atoms with E-state index in [1.54, 1.807) is 48.0 Å². The molecule has 1 aromatic rings. The molecule has 28 nitrogen and oxygen atoms in total. The van der Waals surface area contributed by atoms with Gasteiger partial charge in [0, 0.05) is 62.6 Å². The molecule has 1 aromatic carbocycles. The lowest BCUT2D eigenvalue weighted by Crippen LogP contribution is -2.55. The molecule has 0 aliphatic carbocycles. The van der Waals surface area contributed by atoms with Crippen LogP contribution < -0.4 is 16.0 Å². The van der Waals surface area contributed by atoms with Gasteiger partial charge in [-0.3, -0.25) is 33.7 Å². The second-order valence-corrected chi connectivity index (χ2v) is 21.6. The van der Waals surface area contributed by atoms with E-state index in [4.69, 9.17) is 80.5 Å². The van der Waals surface area contributed by atoms with Crippen molar-refractivity contribution >= 4 is 41.2 Å². The standard InChI is InChI=1S/C64H111N5O23.2CH4.3H2/c1-52(2)61(67-58(70)50-69-59(71)14-15-60(69)72)63(74)65-54(5)62(73)66-57-13-12-56(51-92-64(75)53(3)4)55(49-57)11-8-16-68(17-9-19-78-25-27-82-33-35-86-41-43-90-47-45-88-39-37-84-31-29-80-23-21-76-6)18-10-20-79-26-28-83-34-36-87-42-44-91-48-46-89-40-38-85-32-30-81-24-22-77-7;;;;;/h12-15,49,52-54,61H,8-11,16-48,50-51H2,1-7H3,(H,65,74)(H,66,73)(H,67,70);2*1H4;3*1H/t54-,61-;;;;;/m0...../s1. The van der Waals surface area contributed by atoms with Gasteiger partial charge in [-0.1, -0.05) is 48.6 Å². The Bertz CT molecular complexity index is 2040. The van der Waals surface area contributed by atoms with Crippen molar-refractivity contribution in [1.29, 1.82) is 0 Å². The minimum absolute atomic E-state index is 0. The van der Waals surface area contributed by atoms with Crippen LogP contribution in [0, 0.1) is 11.8 Å². The van der Waals surface area contributed by atoms with Crippen LogP contribution in [0.5, 0.6) is 0 Å². The lowest BCUT2D eigenvalue weighted by molar-refractivity contribution is -0.148. The predicted molar refractivity (Wildman–Crippen MR) is 359 cm³/mol. The van der Waals surface area contributed by atoms with Crippen LogP contribution in [0.1, 0.15) is 84.1 Å². The molecule has 3 N–H and O–H groups in total. The Morgan fingerprint density at radius 2 is 0.809 bits per heavy atom. The molecule has 552 valence electrons. The van der Waals surface area contributed by atoms with Crippen molar-refractivity contribution in [2.75, 3.05) is 244 Å². The number of benzene rings is 1. The number of aryl methyl sites for hydroxylation is 1. The van der Waals surface area contributed by atoms with Gasteiger partial charge in [0.2, 0.25) is 17.7 Å². The number of carbonyl (C=O) groups is 6. The zero-order valence-electron chi connectivity index (χ0n) is 56.1. The number of hydrogen-bond acceptors (Lipinski definition) is 24. The molecule has 2 rings (SSSR count). The molecule has 0 saturated carbocycles. The number of methoxy groups -OCH3 is 2. The number of esters is 1. The third kappa shape index (κ3) is 48.1. The molecule has 0 saturated heterocycles. The molecule has 0 spiro atoms. The van der Waals surface area contributed by atoms with Gasteiger partial charge in [-0.15, -0.1) is 0 Å². The maximum absolute atomic E-state index is 13.6. The van der Waals surface area contributed by atoms with E-state index in [0.29, 0.717) is 210 Å².